The van der Waals surface area contributed by atoms with Crippen LogP contribution in [0.5, 0.6) is 0 Å². The van der Waals surface area contributed by atoms with E-state index >= 15 is 4.39 Å². The van der Waals surface area contributed by atoms with Crippen LogP contribution in [-0.2, 0) is 27.7 Å². The van der Waals surface area contributed by atoms with Crippen LogP contribution in [0.1, 0.15) is 75.3 Å². The van der Waals surface area contributed by atoms with E-state index in [-0.39, 0.29) is 23.7 Å². The molecule has 2 N–H and O–H groups in total. The lowest BCUT2D eigenvalue weighted by atomic mass is 9.86. The van der Waals surface area contributed by atoms with Crippen LogP contribution in [0.3, 0.4) is 0 Å². The molecule has 0 radical (unpaired) electrons. The zero-order valence-electron chi connectivity index (χ0n) is 27.2. The van der Waals surface area contributed by atoms with Crippen molar-refractivity contribution in [2.24, 2.45) is 17.0 Å². The standard InChI is InChI=1S/C34H34FN3O4S2/c1-3-42-34(39)32-21(2)43-33(37-32)27-19-29(26-9-5-8-23(16-26)11-10-22-6-4-7-22)38(30(27)18-24-12-13-24)20-25-14-15-31(28(35)17-25)44(36,40)41/h5,8-9,14-17,19,22,24H,3-4,6-7,12-13,18,20H2,1-2H3,(H2,36,40,41)/i2D3. The summed E-state index contributed by atoms with van der Waals surface area (Å²) < 4.78 is 70.3. The van der Waals surface area contributed by atoms with Gasteiger partial charge in [-0.15, -0.1) is 11.3 Å². The Morgan fingerprint density at radius 1 is 1.20 bits per heavy atom. The van der Waals surface area contributed by atoms with Crippen LogP contribution in [0.2, 0.25) is 0 Å². The summed E-state index contributed by atoms with van der Waals surface area (Å²) in [5.41, 5.74) is 4.25. The Labute approximate surface area is 265 Å². The van der Waals surface area contributed by atoms with Gasteiger partial charge in [-0.25, -0.2) is 27.7 Å². The number of esters is 1. The van der Waals surface area contributed by atoms with Gasteiger partial charge in [-0.1, -0.05) is 36.5 Å². The molecule has 2 saturated carbocycles. The van der Waals surface area contributed by atoms with Crippen LogP contribution in [0.4, 0.5) is 4.39 Å². The number of primary sulfonamides is 1. The zero-order valence-corrected chi connectivity index (χ0v) is 25.9. The van der Waals surface area contributed by atoms with Crippen molar-refractivity contribution in [1.29, 1.82) is 0 Å². The third kappa shape index (κ3) is 6.50. The van der Waals surface area contributed by atoms with E-state index in [1.165, 1.54) is 18.6 Å². The number of carbonyl (C=O) groups is 1. The van der Waals surface area contributed by atoms with E-state index in [1.807, 2.05) is 34.9 Å². The first-order valence-electron chi connectivity index (χ1n) is 16.2. The minimum absolute atomic E-state index is 0.0698. The van der Waals surface area contributed by atoms with Crippen LogP contribution >= 0.6 is 11.3 Å². The number of ether oxygens (including phenoxy) is 1. The number of rotatable bonds is 9. The lowest BCUT2D eigenvalue weighted by Gasteiger charge is -2.18. The van der Waals surface area contributed by atoms with Gasteiger partial charge in [0, 0.05) is 44.0 Å². The molecule has 0 unspecified atom stereocenters. The molecule has 0 aliphatic heterocycles. The van der Waals surface area contributed by atoms with Crippen molar-refractivity contribution in [2.45, 2.75) is 63.7 Å². The van der Waals surface area contributed by atoms with Gasteiger partial charge in [0.25, 0.3) is 0 Å². The van der Waals surface area contributed by atoms with E-state index < -0.39 is 33.6 Å². The van der Waals surface area contributed by atoms with Crippen molar-refractivity contribution < 1.29 is 26.5 Å². The van der Waals surface area contributed by atoms with Gasteiger partial charge in [0.05, 0.1) is 6.61 Å². The number of thiazole rings is 1. The number of aryl methyl sites for hydroxylation is 1. The Balaban J connectivity index is 1.53. The summed E-state index contributed by atoms with van der Waals surface area (Å²) in [5, 5.41) is 5.57. The molecular weight excluding hydrogens is 598 g/mol. The van der Waals surface area contributed by atoms with Crippen LogP contribution < -0.4 is 5.14 Å². The molecule has 10 heteroatoms. The second-order valence-electron chi connectivity index (χ2n) is 11.3. The Hall–Kier alpha value is -3.78. The second-order valence-corrected chi connectivity index (χ2v) is 13.9. The molecule has 4 aromatic rings. The van der Waals surface area contributed by atoms with Gasteiger partial charge in [-0.2, -0.15) is 0 Å². The highest BCUT2D eigenvalue weighted by molar-refractivity contribution is 7.89. The molecule has 0 spiro atoms. The molecule has 2 aromatic heterocycles. The van der Waals surface area contributed by atoms with Crippen molar-refractivity contribution >= 4 is 27.3 Å². The average Bonchev–Trinajstić information content (AvgIpc) is 3.56. The quantitative estimate of drug-likeness (QED) is 0.163. The van der Waals surface area contributed by atoms with Gasteiger partial charge >= 0.3 is 5.97 Å². The molecule has 228 valence electrons. The van der Waals surface area contributed by atoms with E-state index in [0.717, 1.165) is 65.6 Å². The SMILES string of the molecule is [2H]C([2H])([2H])c1sc(-c2cc(-c3cccc(C#CC4CCC4)c3)n(Cc3ccc(S(N)(=O)=O)c(F)c3)c2CC2CC2)nc1C(=O)OCC. The van der Waals surface area contributed by atoms with Gasteiger partial charge in [-0.05, 0) is 93.3 Å². The molecule has 2 aromatic carbocycles. The van der Waals surface area contributed by atoms with E-state index in [4.69, 9.17) is 14.0 Å². The van der Waals surface area contributed by atoms with Crippen molar-refractivity contribution in [3.63, 3.8) is 0 Å². The molecule has 2 fully saturated rings. The zero-order chi connectivity index (χ0) is 33.5. The first-order chi connectivity index (χ1) is 22.3. The number of aromatic nitrogens is 2. The number of nitrogens with two attached hydrogens (primary N) is 1. The molecule has 0 saturated heterocycles. The van der Waals surface area contributed by atoms with Crippen LogP contribution in [0, 0.1) is 36.3 Å². The number of sulfonamides is 1. The predicted octanol–water partition coefficient (Wildman–Crippen LogP) is 6.70. The summed E-state index contributed by atoms with van der Waals surface area (Å²) in [4.78, 5) is 16.7. The molecule has 2 aliphatic rings. The molecule has 7 nitrogen and oxygen atoms in total. The van der Waals surface area contributed by atoms with E-state index in [9.17, 15) is 13.2 Å². The minimum Gasteiger partial charge on any atom is -0.461 e. The normalized spacial score (nSPS) is 16.3. The van der Waals surface area contributed by atoms with Gasteiger partial charge in [0.15, 0.2) is 5.69 Å². The number of carbonyl (C=O) groups excluding carboxylic acids is 1. The monoisotopic (exact) mass is 634 g/mol. The van der Waals surface area contributed by atoms with Gasteiger partial charge in [0.2, 0.25) is 10.0 Å². The maximum absolute atomic E-state index is 15.0. The maximum Gasteiger partial charge on any atom is 0.358 e. The predicted molar refractivity (Wildman–Crippen MR) is 169 cm³/mol. The fraction of sp³-hybridized carbons (Fsp3) is 0.353. The smallest absolute Gasteiger partial charge is 0.358 e. The van der Waals surface area contributed by atoms with Crippen LogP contribution in [-0.4, -0.2) is 30.5 Å². The van der Waals surface area contributed by atoms with Crippen molar-refractivity contribution in [1.82, 2.24) is 9.55 Å². The van der Waals surface area contributed by atoms with E-state index in [2.05, 4.69) is 16.8 Å². The summed E-state index contributed by atoms with van der Waals surface area (Å²) in [7, 11) is -4.25. The second kappa shape index (κ2) is 12.3. The Kier molecular flexibility index (Phi) is 7.44. The number of halogens is 1. The first-order valence-corrected chi connectivity index (χ1v) is 17.0. The Morgan fingerprint density at radius 2 is 2.02 bits per heavy atom. The van der Waals surface area contributed by atoms with Crippen molar-refractivity contribution in [3.05, 3.63) is 81.7 Å². The summed E-state index contributed by atoms with van der Waals surface area (Å²) in [6.07, 6.45) is 6.09. The third-order valence-electron chi connectivity index (χ3n) is 8.04. The van der Waals surface area contributed by atoms with Gasteiger partial charge < -0.3 is 9.30 Å². The molecular formula is C34H34FN3O4S2. The topological polar surface area (TPSA) is 104 Å². The summed E-state index contributed by atoms with van der Waals surface area (Å²) in [5.74, 6) is 5.70. The lowest BCUT2D eigenvalue weighted by molar-refractivity contribution is 0.0519. The van der Waals surface area contributed by atoms with Crippen LogP contribution in [0.25, 0.3) is 21.8 Å². The Morgan fingerprint density at radius 3 is 2.68 bits per heavy atom. The van der Waals surface area contributed by atoms with Gasteiger partial charge in [0.1, 0.15) is 15.7 Å². The number of hydrogen-bond acceptors (Lipinski definition) is 6. The molecule has 0 bridgehead atoms. The Bertz CT molecular complexity index is 2020. The summed E-state index contributed by atoms with van der Waals surface area (Å²) in [6, 6.07) is 13.6. The molecule has 0 amide bonds. The molecule has 2 aliphatic carbocycles. The largest absolute Gasteiger partial charge is 0.461 e. The summed E-state index contributed by atoms with van der Waals surface area (Å²) >= 11 is 0.939. The molecule has 6 rings (SSSR count). The maximum atomic E-state index is 15.0. The number of nitrogens with zero attached hydrogens (tertiary/aromatic N) is 2. The molecule has 0 atom stereocenters. The van der Waals surface area contributed by atoms with Gasteiger partial charge in [-0.3, -0.25) is 0 Å². The lowest BCUT2D eigenvalue weighted by Crippen LogP contribution is -2.14. The van der Waals surface area contributed by atoms with Crippen molar-refractivity contribution in [3.8, 4) is 33.7 Å². The molecule has 2 heterocycles. The van der Waals surface area contributed by atoms with Crippen molar-refractivity contribution in [2.75, 3.05) is 6.61 Å². The fourth-order valence-corrected chi connectivity index (χ4v) is 6.76. The number of benzene rings is 2. The minimum atomic E-state index is -4.25. The highest BCUT2D eigenvalue weighted by Crippen LogP contribution is 2.41. The van der Waals surface area contributed by atoms with E-state index in [1.54, 1.807) is 6.92 Å². The first kappa shape index (κ1) is 26.6. The molecule has 44 heavy (non-hydrogen) atoms. The average molecular weight is 635 g/mol. The number of hydrogen-bond donors (Lipinski definition) is 1. The van der Waals surface area contributed by atoms with Crippen LogP contribution in [0.15, 0.2) is 53.4 Å². The fourth-order valence-electron chi connectivity index (χ4n) is 5.33. The third-order valence-corrected chi connectivity index (χ3v) is 9.89. The highest BCUT2D eigenvalue weighted by Gasteiger charge is 2.29. The summed E-state index contributed by atoms with van der Waals surface area (Å²) in [6.45, 7) is -0.695. The van der Waals surface area contributed by atoms with E-state index in [0.29, 0.717) is 34.4 Å². The highest BCUT2D eigenvalue weighted by atomic mass is 32.2.